The lowest BCUT2D eigenvalue weighted by molar-refractivity contribution is 0.0696. The van der Waals surface area contributed by atoms with Crippen molar-refractivity contribution >= 4 is 52.4 Å². The summed E-state index contributed by atoms with van der Waals surface area (Å²) in [6.07, 6.45) is 0. The first kappa shape index (κ1) is 15.6. The van der Waals surface area contributed by atoms with Crippen LogP contribution in [0.3, 0.4) is 0 Å². The van der Waals surface area contributed by atoms with E-state index >= 15 is 0 Å². The van der Waals surface area contributed by atoms with E-state index in [2.05, 4.69) is 5.32 Å². The Bertz CT molecular complexity index is 711. The van der Waals surface area contributed by atoms with Crippen LogP contribution in [-0.4, -0.2) is 17.0 Å². The number of benzene rings is 2. The van der Waals surface area contributed by atoms with Crippen LogP contribution < -0.4 is 5.32 Å². The fourth-order valence-electron chi connectivity index (χ4n) is 1.69. The van der Waals surface area contributed by atoms with Crippen molar-refractivity contribution in [2.45, 2.75) is 0 Å². The standard InChI is InChI=1S/C14H8Cl3NO3/c15-8-4-7(14(20)21)5-9(6-8)18-13(19)12-10(16)2-1-3-11(12)17/h1-6H,(H,18,19)(H,20,21). The van der Waals surface area contributed by atoms with Crippen molar-refractivity contribution in [3.63, 3.8) is 0 Å². The highest BCUT2D eigenvalue weighted by Crippen LogP contribution is 2.26. The van der Waals surface area contributed by atoms with Gasteiger partial charge in [-0.05, 0) is 30.3 Å². The summed E-state index contributed by atoms with van der Waals surface area (Å²) in [6, 6.07) is 8.67. The van der Waals surface area contributed by atoms with Gasteiger partial charge in [0, 0.05) is 10.7 Å². The van der Waals surface area contributed by atoms with E-state index in [1.165, 1.54) is 30.3 Å². The van der Waals surface area contributed by atoms with Gasteiger partial charge in [0.25, 0.3) is 5.91 Å². The lowest BCUT2D eigenvalue weighted by atomic mass is 10.1. The monoisotopic (exact) mass is 343 g/mol. The average molecular weight is 345 g/mol. The molecule has 0 heterocycles. The Morgan fingerprint density at radius 1 is 1.00 bits per heavy atom. The van der Waals surface area contributed by atoms with Crippen LogP contribution in [-0.2, 0) is 0 Å². The van der Waals surface area contributed by atoms with Crippen LogP contribution in [0.25, 0.3) is 0 Å². The van der Waals surface area contributed by atoms with Crippen LogP contribution in [0.2, 0.25) is 15.1 Å². The molecule has 108 valence electrons. The van der Waals surface area contributed by atoms with E-state index in [-0.39, 0.29) is 31.9 Å². The van der Waals surface area contributed by atoms with Gasteiger partial charge in [0.1, 0.15) is 0 Å². The van der Waals surface area contributed by atoms with E-state index in [4.69, 9.17) is 39.9 Å². The lowest BCUT2D eigenvalue weighted by Gasteiger charge is -2.09. The minimum atomic E-state index is -1.15. The Hall–Kier alpha value is -1.75. The van der Waals surface area contributed by atoms with Gasteiger partial charge >= 0.3 is 5.97 Å². The summed E-state index contributed by atoms with van der Waals surface area (Å²) in [5.74, 6) is -1.70. The van der Waals surface area contributed by atoms with Crippen LogP contribution >= 0.6 is 34.8 Å². The third kappa shape index (κ3) is 3.67. The maximum Gasteiger partial charge on any atom is 0.335 e. The summed E-state index contributed by atoms with van der Waals surface area (Å²) in [7, 11) is 0. The Morgan fingerprint density at radius 3 is 2.19 bits per heavy atom. The van der Waals surface area contributed by atoms with Crippen LogP contribution in [0.1, 0.15) is 20.7 Å². The summed E-state index contributed by atoms with van der Waals surface area (Å²) in [4.78, 5) is 23.1. The van der Waals surface area contributed by atoms with Crippen molar-refractivity contribution in [2.24, 2.45) is 0 Å². The zero-order valence-electron chi connectivity index (χ0n) is 10.4. The Labute approximate surface area is 135 Å². The van der Waals surface area contributed by atoms with Gasteiger partial charge in [-0.25, -0.2) is 4.79 Å². The number of carbonyl (C=O) groups excluding carboxylic acids is 1. The fourth-order valence-corrected chi connectivity index (χ4v) is 2.50. The number of anilines is 1. The molecule has 21 heavy (non-hydrogen) atoms. The molecule has 0 atom stereocenters. The van der Waals surface area contributed by atoms with Crippen LogP contribution in [0.4, 0.5) is 5.69 Å². The summed E-state index contributed by atoms with van der Waals surface area (Å²) in [5, 5.41) is 12.1. The first-order chi connectivity index (χ1) is 9.88. The summed E-state index contributed by atoms with van der Waals surface area (Å²) in [5.41, 5.74) is 0.307. The number of aromatic carboxylic acids is 1. The molecule has 0 saturated heterocycles. The van der Waals surface area contributed by atoms with Gasteiger partial charge in [-0.15, -0.1) is 0 Å². The minimum absolute atomic E-state index is 0.0388. The molecule has 4 nitrogen and oxygen atoms in total. The first-order valence-corrected chi connectivity index (χ1v) is 6.81. The molecule has 7 heteroatoms. The molecule has 0 bridgehead atoms. The number of halogens is 3. The SMILES string of the molecule is O=C(O)c1cc(Cl)cc(NC(=O)c2c(Cl)cccc2Cl)c1. The maximum atomic E-state index is 12.2. The van der Waals surface area contributed by atoms with E-state index < -0.39 is 11.9 Å². The Kier molecular flexibility index (Phi) is 4.73. The largest absolute Gasteiger partial charge is 0.478 e. The second-order valence-electron chi connectivity index (χ2n) is 4.08. The first-order valence-electron chi connectivity index (χ1n) is 5.67. The number of hydrogen-bond acceptors (Lipinski definition) is 2. The normalized spacial score (nSPS) is 10.2. The molecule has 0 fully saturated rings. The molecular weight excluding hydrogens is 337 g/mol. The highest BCUT2D eigenvalue weighted by molar-refractivity contribution is 6.40. The molecule has 0 aliphatic carbocycles. The van der Waals surface area contributed by atoms with Crippen LogP contribution in [0, 0.1) is 0 Å². The molecule has 2 N–H and O–H groups in total. The number of carboxylic acids is 1. The zero-order chi connectivity index (χ0) is 15.6. The lowest BCUT2D eigenvalue weighted by Crippen LogP contribution is -2.13. The van der Waals surface area contributed by atoms with Crippen LogP contribution in [0.15, 0.2) is 36.4 Å². The molecule has 2 aromatic rings. The third-order valence-corrected chi connectivity index (χ3v) is 3.44. The van der Waals surface area contributed by atoms with Crippen molar-refractivity contribution in [3.05, 3.63) is 62.6 Å². The van der Waals surface area contributed by atoms with Gasteiger partial charge in [-0.1, -0.05) is 40.9 Å². The fraction of sp³-hybridized carbons (Fsp3) is 0. The molecule has 0 aliphatic heterocycles. The van der Waals surface area contributed by atoms with E-state index in [0.717, 1.165) is 0 Å². The van der Waals surface area contributed by atoms with Gasteiger partial charge in [-0.3, -0.25) is 4.79 Å². The quantitative estimate of drug-likeness (QED) is 0.855. The van der Waals surface area contributed by atoms with Crippen molar-refractivity contribution < 1.29 is 14.7 Å². The van der Waals surface area contributed by atoms with Gasteiger partial charge in [0.05, 0.1) is 21.2 Å². The number of rotatable bonds is 3. The summed E-state index contributed by atoms with van der Waals surface area (Å²) in [6.45, 7) is 0. The Balaban J connectivity index is 2.34. The van der Waals surface area contributed by atoms with Gasteiger partial charge in [0.15, 0.2) is 0 Å². The number of amides is 1. The number of carbonyl (C=O) groups is 2. The molecule has 1 amide bonds. The molecule has 0 spiro atoms. The topological polar surface area (TPSA) is 66.4 Å². The minimum Gasteiger partial charge on any atom is -0.478 e. The van der Waals surface area contributed by atoms with Crippen molar-refractivity contribution in [1.29, 1.82) is 0 Å². The van der Waals surface area contributed by atoms with Gasteiger partial charge in [-0.2, -0.15) is 0 Å². The molecule has 0 aromatic heterocycles. The molecule has 2 rings (SSSR count). The number of carboxylic acid groups (broad SMARTS) is 1. The highest BCUT2D eigenvalue weighted by Gasteiger charge is 2.15. The summed E-state index contributed by atoms with van der Waals surface area (Å²) < 4.78 is 0. The van der Waals surface area contributed by atoms with Gasteiger partial charge in [0.2, 0.25) is 0 Å². The molecule has 0 aliphatic rings. The summed E-state index contributed by atoms with van der Waals surface area (Å²) >= 11 is 17.7. The van der Waals surface area contributed by atoms with E-state index in [1.54, 1.807) is 6.07 Å². The van der Waals surface area contributed by atoms with E-state index in [1.807, 2.05) is 0 Å². The zero-order valence-corrected chi connectivity index (χ0v) is 12.6. The van der Waals surface area contributed by atoms with Gasteiger partial charge < -0.3 is 10.4 Å². The predicted molar refractivity (Wildman–Crippen MR) is 82.8 cm³/mol. The predicted octanol–water partition coefficient (Wildman–Crippen LogP) is 4.60. The van der Waals surface area contributed by atoms with E-state index in [9.17, 15) is 9.59 Å². The second-order valence-corrected chi connectivity index (χ2v) is 5.34. The van der Waals surface area contributed by atoms with Crippen molar-refractivity contribution in [3.8, 4) is 0 Å². The van der Waals surface area contributed by atoms with Crippen molar-refractivity contribution in [2.75, 3.05) is 5.32 Å². The smallest absolute Gasteiger partial charge is 0.335 e. The van der Waals surface area contributed by atoms with Crippen molar-refractivity contribution in [1.82, 2.24) is 0 Å². The van der Waals surface area contributed by atoms with E-state index in [0.29, 0.717) is 0 Å². The van der Waals surface area contributed by atoms with Crippen LogP contribution in [0.5, 0.6) is 0 Å². The molecule has 0 saturated carbocycles. The molecule has 0 radical (unpaired) electrons. The second kappa shape index (κ2) is 6.35. The third-order valence-electron chi connectivity index (χ3n) is 2.59. The average Bonchev–Trinajstić information content (AvgIpc) is 2.37. The highest BCUT2D eigenvalue weighted by atomic mass is 35.5. The number of hydrogen-bond donors (Lipinski definition) is 2. The maximum absolute atomic E-state index is 12.2. The molecule has 2 aromatic carbocycles. The molecular formula is C14H8Cl3NO3. The Morgan fingerprint density at radius 2 is 1.62 bits per heavy atom. The molecule has 0 unspecified atom stereocenters. The number of nitrogens with one attached hydrogen (secondary N) is 1.